The van der Waals surface area contributed by atoms with Crippen LogP contribution in [-0.2, 0) is 19.3 Å². The van der Waals surface area contributed by atoms with Crippen LogP contribution < -0.4 is 64.4 Å². The molecule has 0 bridgehead atoms. The molecule has 1 unspecified atom stereocenters. The van der Waals surface area contributed by atoms with Crippen molar-refractivity contribution in [1.29, 1.82) is 0 Å². The molecule has 0 aromatic heterocycles. The van der Waals surface area contributed by atoms with Gasteiger partial charge in [-0.1, -0.05) is 18.2 Å². The molecule has 1 aromatic rings. The van der Waals surface area contributed by atoms with Crippen molar-refractivity contribution in [2.75, 3.05) is 12.0 Å². The second kappa shape index (κ2) is 10.4. The van der Waals surface area contributed by atoms with E-state index in [0.29, 0.717) is 6.67 Å². The molecule has 0 spiro atoms. The summed E-state index contributed by atoms with van der Waals surface area (Å²) in [4.78, 5) is 4.08. The number of nitrogens with zero attached hydrogens (tertiary/aromatic N) is 1. The predicted molar refractivity (Wildman–Crippen MR) is 61.1 cm³/mol. The molecule has 1 aliphatic rings. The van der Waals surface area contributed by atoms with Gasteiger partial charge in [0.1, 0.15) is 6.67 Å². The van der Waals surface area contributed by atoms with Gasteiger partial charge in [-0.25, -0.2) is 8.42 Å². The summed E-state index contributed by atoms with van der Waals surface area (Å²) in [5.41, 5.74) is 2.35. The summed E-state index contributed by atoms with van der Waals surface area (Å²) in [6.07, 6.45) is 1.89. The summed E-state index contributed by atoms with van der Waals surface area (Å²) < 4.78 is 45.7. The summed E-state index contributed by atoms with van der Waals surface area (Å²) in [6.45, 7) is 0.705. The van der Waals surface area contributed by atoms with E-state index in [1.54, 1.807) is 0 Å². The fraction of sp³-hybridized carbons (Fsp3) is 0.125. The molecule has 11 heteroatoms. The van der Waals surface area contributed by atoms with Crippen molar-refractivity contribution in [2.24, 2.45) is 4.99 Å². The molecular weight excluding hydrogens is 314 g/mol. The van der Waals surface area contributed by atoms with E-state index in [1.807, 2.05) is 24.4 Å². The van der Waals surface area contributed by atoms with E-state index in [2.05, 4.69) is 16.4 Å². The van der Waals surface area contributed by atoms with Crippen LogP contribution in [0, 0.1) is 0 Å². The van der Waals surface area contributed by atoms with E-state index in [1.165, 1.54) is 11.3 Å². The molecule has 1 aliphatic heterocycles. The third kappa shape index (κ3) is 8.56. The zero-order valence-electron chi connectivity index (χ0n) is 10.4. The molecule has 0 amide bonds. The van der Waals surface area contributed by atoms with Crippen molar-refractivity contribution in [2.45, 2.75) is 0 Å². The van der Waals surface area contributed by atoms with Crippen molar-refractivity contribution >= 4 is 31.2 Å². The predicted octanol–water partition coefficient (Wildman–Crippen LogP) is -6.18. The molecule has 1 heterocycles. The van der Waals surface area contributed by atoms with Gasteiger partial charge in [-0.15, -0.1) is 0 Å². The van der Waals surface area contributed by atoms with Crippen LogP contribution in [0.1, 0.15) is 5.56 Å². The maximum Gasteiger partial charge on any atom is 1.00 e. The third-order valence-electron chi connectivity index (χ3n) is 1.72. The zero-order chi connectivity index (χ0) is 12.9. The topological polar surface area (TPSA) is 122 Å². The Balaban J connectivity index is 0. The van der Waals surface area contributed by atoms with Crippen molar-refractivity contribution < 1.29 is 80.8 Å². The van der Waals surface area contributed by atoms with E-state index in [0.717, 1.165) is 0 Å². The Kier molecular flexibility index (Phi) is 12.1. The van der Waals surface area contributed by atoms with E-state index in [4.69, 9.17) is 21.7 Å². The van der Waals surface area contributed by atoms with Crippen molar-refractivity contribution in [3.63, 3.8) is 0 Å². The normalized spacial score (nSPS) is 13.4. The largest absolute Gasteiger partial charge is 1.00 e. The third-order valence-corrected chi connectivity index (χ3v) is 3.05. The molecule has 1 aromatic carbocycles. The SMILES string of the molecule is C1=NCNc2ccccc21.O=S([O-])S(=O)(=O)[O-].[Na+].[Na+]. The molecule has 19 heavy (non-hydrogen) atoms. The molecule has 0 aliphatic carbocycles. The number of para-hydroxylation sites is 1. The minimum absolute atomic E-state index is 0. The quantitative estimate of drug-likeness (QED) is 0.238. The summed E-state index contributed by atoms with van der Waals surface area (Å²) in [6, 6.07) is 8.13. The monoisotopic (exact) mass is 322 g/mol. The molecule has 94 valence electrons. The number of rotatable bonds is 1. The molecule has 0 saturated carbocycles. The van der Waals surface area contributed by atoms with Crippen LogP contribution in [-0.4, -0.2) is 34.6 Å². The molecule has 0 radical (unpaired) electrons. The van der Waals surface area contributed by atoms with Gasteiger partial charge in [0.05, 0.1) is 10.1 Å². The van der Waals surface area contributed by atoms with Gasteiger partial charge in [-0.2, -0.15) is 0 Å². The smallest absolute Gasteiger partial charge is 0.761 e. The fourth-order valence-electron chi connectivity index (χ4n) is 1.05. The Bertz CT molecular complexity index is 550. The summed E-state index contributed by atoms with van der Waals surface area (Å²) in [7, 11) is -8.59. The average molecular weight is 322 g/mol. The van der Waals surface area contributed by atoms with Gasteiger partial charge in [-0.3, -0.25) is 9.20 Å². The zero-order valence-corrected chi connectivity index (χ0v) is 16.0. The Morgan fingerprint density at radius 1 is 1.26 bits per heavy atom. The van der Waals surface area contributed by atoms with Crippen LogP contribution in [0.15, 0.2) is 29.3 Å². The van der Waals surface area contributed by atoms with Crippen molar-refractivity contribution in [1.82, 2.24) is 0 Å². The molecule has 2 rings (SSSR count). The maximum atomic E-state index is 9.16. The van der Waals surface area contributed by atoms with E-state index in [9.17, 15) is 0 Å². The Morgan fingerprint density at radius 3 is 2.26 bits per heavy atom. The van der Waals surface area contributed by atoms with Crippen LogP contribution in [0.4, 0.5) is 5.69 Å². The van der Waals surface area contributed by atoms with Crippen molar-refractivity contribution in [3.05, 3.63) is 29.8 Å². The number of hydrogen-bond acceptors (Lipinski definition) is 7. The molecule has 1 N–H and O–H groups in total. The number of benzene rings is 1. The minimum Gasteiger partial charge on any atom is -0.761 e. The fourth-order valence-corrected chi connectivity index (χ4v) is 1.05. The first kappa shape index (κ1) is 22.0. The van der Waals surface area contributed by atoms with E-state index >= 15 is 0 Å². The van der Waals surface area contributed by atoms with Crippen LogP contribution in [0.3, 0.4) is 0 Å². The maximum absolute atomic E-state index is 9.16. The van der Waals surface area contributed by atoms with Gasteiger partial charge in [0, 0.05) is 17.5 Å². The number of anilines is 1. The van der Waals surface area contributed by atoms with Crippen molar-refractivity contribution in [3.8, 4) is 0 Å². The summed E-state index contributed by atoms with van der Waals surface area (Å²) in [5.74, 6) is 0. The Morgan fingerprint density at radius 2 is 1.79 bits per heavy atom. The van der Waals surface area contributed by atoms with Gasteiger partial charge in [0.15, 0.2) is 9.15 Å². The standard InChI is InChI=1S/C8H8N2.2Na.H2O5S2/c1-2-4-8-7(3-1)5-9-6-10-8;;;1-6(2)7(3,4)5/h1-5,10H,6H2;;;(H,1,2)(H,3,4,5)/q;2*+1;/p-2. The first-order valence-electron chi connectivity index (χ1n) is 4.29. The second-order valence-electron chi connectivity index (χ2n) is 2.85. The molecule has 0 saturated heterocycles. The van der Waals surface area contributed by atoms with Gasteiger partial charge < -0.3 is 14.4 Å². The first-order valence-corrected chi connectivity index (χ1v) is 7.29. The molecule has 1 atom stereocenters. The minimum atomic E-state index is -5.07. The van der Waals surface area contributed by atoms with E-state index in [-0.39, 0.29) is 59.1 Å². The van der Waals surface area contributed by atoms with Crippen LogP contribution in [0.25, 0.3) is 0 Å². The average Bonchev–Trinajstić information content (AvgIpc) is 2.29. The molecule has 7 nitrogen and oxygen atoms in total. The van der Waals surface area contributed by atoms with Crippen LogP contribution >= 0.6 is 0 Å². The summed E-state index contributed by atoms with van der Waals surface area (Å²) >= 11 is 0. The number of aliphatic imine (C=N–C) groups is 1. The first-order chi connectivity index (χ1) is 7.91. The number of nitrogens with one attached hydrogen (secondary N) is 1. The Labute approximate surface area is 157 Å². The molecular formula is C8H8N2Na2O5S2. The van der Waals surface area contributed by atoms with Gasteiger partial charge in [-0.05, 0) is 6.07 Å². The van der Waals surface area contributed by atoms with Gasteiger partial charge >= 0.3 is 59.1 Å². The van der Waals surface area contributed by atoms with Gasteiger partial charge in [0.25, 0.3) is 0 Å². The van der Waals surface area contributed by atoms with E-state index < -0.39 is 19.3 Å². The number of hydrogen-bond donors (Lipinski definition) is 1. The Hall–Kier alpha value is 0.710. The summed E-state index contributed by atoms with van der Waals surface area (Å²) in [5, 5.41) is 3.16. The van der Waals surface area contributed by atoms with Gasteiger partial charge in [0.2, 0.25) is 0 Å². The number of fused-ring (bicyclic) bond motifs is 1. The molecule has 0 fully saturated rings. The van der Waals surface area contributed by atoms with Crippen LogP contribution in [0.2, 0.25) is 0 Å². The second-order valence-corrected chi connectivity index (χ2v) is 6.11. The van der Waals surface area contributed by atoms with Crippen LogP contribution in [0.5, 0.6) is 0 Å².